The van der Waals surface area contributed by atoms with E-state index in [1.54, 1.807) is 6.07 Å². The Morgan fingerprint density at radius 3 is 2.71 bits per heavy atom. The van der Waals surface area contributed by atoms with Crippen LogP contribution in [-0.2, 0) is 6.54 Å². The van der Waals surface area contributed by atoms with Gasteiger partial charge >= 0.3 is 0 Å². The van der Waals surface area contributed by atoms with Crippen molar-refractivity contribution in [1.82, 2.24) is 10.2 Å². The summed E-state index contributed by atoms with van der Waals surface area (Å²) in [6.07, 6.45) is 0. The molecule has 1 fully saturated rings. The summed E-state index contributed by atoms with van der Waals surface area (Å²) in [5.41, 5.74) is 0.861. The van der Waals surface area contributed by atoms with Crippen LogP contribution in [0.3, 0.4) is 0 Å². The molecule has 0 amide bonds. The van der Waals surface area contributed by atoms with Crippen LogP contribution in [0, 0.1) is 11.2 Å². The molecular formula is C17H27FN2O. The first kappa shape index (κ1) is 16.2. The molecule has 118 valence electrons. The van der Waals surface area contributed by atoms with Gasteiger partial charge in [0.1, 0.15) is 0 Å². The second-order valence-electron chi connectivity index (χ2n) is 7.05. The van der Waals surface area contributed by atoms with Crippen LogP contribution in [0.15, 0.2) is 18.2 Å². The lowest BCUT2D eigenvalue weighted by atomic mass is 9.83. The summed E-state index contributed by atoms with van der Waals surface area (Å²) < 4.78 is 19.5. The summed E-state index contributed by atoms with van der Waals surface area (Å²) in [5.74, 6) is 0.0850. The first-order valence-electron chi connectivity index (χ1n) is 7.61. The summed E-state index contributed by atoms with van der Waals surface area (Å²) in [6, 6.07) is 6.19. The molecule has 2 rings (SSSR count). The number of halogens is 1. The van der Waals surface area contributed by atoms with E-state index in [-0.39, 0.29) is 11.2 Å². The summed E-state index contributed by atoms with van der Waals surface area (Å²) >= 11 is 0. The van der Waals surface area contributed by atoms with Crippen LogP contribution in [0.4, 0.5) is 4.39 Å². The average Bonchev–Trinajstić information content (AvgIpc) is 2.40. The molecule has 2 atom stereocenters. The lowest BCUT2D eigenvalue weighted by Gasteiger charge is -2.46. The molecule has 21 heavy (non-hydrogen) atoms. The maximum absolute atomic E-state index is 14.4. The Hall–Kier alpha value is -1.13. The van der Waals surface area contributed by atoms with Crippen molar-refractivity contribution in [2.75, 3.05) is 20.2 Å². The fourth-order valence-corrected chi connectivity index (χ4v) is 3.07. The molecular weight excluding hydrogens is 267 g/mol. The molecule has 0 aliphatic carbocycles. The van der Waals surface area contributed by atoms with Crippen molar-refractivity contribution in [2.45, 2.75) is 46.3 Å². The topological polar surface area (TPSA) is 24.5 Å². The van der Waals surface area contributed by atoms with Crippen LogP contribution in [0.2, 0.25) is 0 Å². The van der Waals surface area contributed by atoms with Crippen molar-refractivity contribution in [3.05, 3.63) is 29.6 Å². The smallest absolute Gasteiger partial charge is 0.169 e. The highest BCUT2D eigenvalue weighted by atomic mass is 19.1. The van der Waals surface area contributed by atoms with Crippen molar-refractivity contribution in [1.29, 1.82) is 0 Å². The maximum atomic E-state index is 14.4. The second-order valence-corrected chi connectivity index (χ2v) is 7.05. The molecule has 1 aliphatic heterocycles. The molecule has 1 heterocycles. The maximum Gasteiger partial charge on any atom is 0.169 e. The zero-order chi connectivity index (χ0) is 15.6. The SMILES string of the molecule is COc1cccc(CN2CC(C)NCC2C(C)(C)C)c1F. The van der Waals surface area contributed by atoms with Crippen LogP contribution in [-0.4, -0.2) is 37.2 Å². The van der Waals surface area contributed by atoms with E-state index in [4.69, 9.17) is 4.74 Å². The quantitative estimate of drug-likeness (QED) is 0.927. The van der Waals surface area contributed by atoms with E-state index in [1.165, 1.54) is 7.11 Å². The van der Waals surface area contributed by atoms with Crippen LogP contribution in [0.1, 0.15) is 33.3 Å². The van der Waals surface area contributed by atoms with Crippen LogP contribution in [0.5, 0.6) is 5.75 Å². The van der Waals surface area contributed by atoms with Gasteiger partial charge in [-0.3, -0.25) is 4.90 Å². The van der Waals surface area contributed by atoms with Gasteiger partial charge in [-0.2, -0.15) is 0 Å². The molecule has 0 saturated carbocycles. The number of benzene rings is 1. The molecule has 1 aromatic carbocycles. The van der Waals surface area contributed by atoms with Gasteiger partial charge in [-0.15, -0.1) is 0 Å². The van der Waals surface area contributed by atoms with E-state index < -0.39 is 0 Å². The second kappa shape index (κ2) is 6.32. The minimum absolute atomic E-state index is 0.155. The van der Waals surface area contributed by atoms with Crippen LogP contribution in [0.25, 0.3) is 0 Å². The minimum Gasteiger partial charge on any atom is -0.494 e. The number of hydrogen-bond acceptors (Lipinski definition) is 3. The highest BCUT2D eigenvalue weighted by molar-refractivity contribution is 5.31. The fraction of sp³-hybridized carbons (Fsp3) is 0.647. The van der Waals surface area contributed by atoms with E-state index >= 15 is 0 Å². The zero-order valence-corrected chi connectivity index (χ0v) is 13.7. The predicted octanol–water partition coefficient (Wildman–Crippen LogP) is 3.04. The Morgan fingerprint density at radius 1 is 1.38 bits per heavy atom. The standard InChI is InChI=1S/C17H27FN2O/c1-12-10-20(15(9-19-12)17(2,3)4)11-13-7-6-8-14(21-5)16(13)18/h6-8,12,15,19H,9-11H2,1-5H3. The van der Waals surface area contributed by atoms with Crippen LogP contribution < -0.4 is 10.1 Å². The first-order chi connectivity index (χ1) is 9.82. The first-order valence-corrected chi connectivity index (χ1v) is 7.61. The molecule has 4 heteroatoms. The third kappa shape index (κ3) is 3.74. The molecule has 0 aromatic heterocycles. The Bertz CT molecular complexity index is 484. The van der Waals surface area contributed by atoms with E-state index in [2.05, 4.69) is 37.9 Å². The summed E-state index contributed by atoms with van der Waals surface area (Å²) in [4.78, 5) is 2.39. The molecule has 3 nitrogen and oxygen atoms in total. The van der Waals surface area contributed by atoms with Gasteiger partial charge < -0.3 is 10.1 Å². The molecule has 0 bridgehead atoms. The normalized spacial score (nSPS) is 24.1. The van der Waals surface area contributed by atoms with E-state index in [9.17, 15) is 4.39 Å². The van der Waals surface area contributed by atoms with E-state index in [0.29, 0.717) is 29.9 Å². The predicted molar refractivity (Wildman–Crippen MR) is 84.1 cm³/mol. The number of piperazine rings is 1. The lowest BCUT2D eigenvalue weighted by molar-refractivity contribution is 0.0516. The molecule has 2 unspecified atom stereocenters. The van der Waals surface area contributed by atoms with Crippen LogP contribution >= 0.6 is 0 Å². The number of rotatable bonds is 3. The number of ether oxygens (including phenoxy) is 1. The third-order valence-electron chi connectivity index (χ3n) is 4.25. The van der Waals surface area contributed by atoms with Crippen molar-refractivity contribution in [3.63, 3.8) is 0 Å². The molecule has 1 N–H and O–H groups in total. The van der Waals surface area contributed by atoms with E-state index in [0.717, 1.165) is 13.1 Å². The van der Waals surface area contributed by atoms with Crippen molar-refractivity contribution >= 4 is 0 Å². The average molecular weight is 294 g/mol. The van der Waals surface area contributed by atoms with Gasteiger partial charge in [0.2, 0.25) is 0 Å². The number of nitrogens with zero attached hydrogens (tertiary/aromatic N) is 1. The summed E-state index contributed by atoms with van der Waals surface area (Å²) in [7, 11) is 1.51. The molecule has 0 spiro atoms. The number of methoxy groups -OCH3 is 1. The molecule has 0 radical (unpaired) electrons. The Morgan fingerprint density at radius 2 is 2.10 bits per heavy atom. The fourth-order valence-electron chi connectivity index (χ4n) is 3.07. The van der Waals surface area contributed by atoms with Gasteiger partial charge in [-0.05, 0) is 18.4 Å². The van der Waals surface area contributed by atoms with Gasteiger partial charge in [0, 0.05) is 37.3 Å². The lowest BCUT2D eigenvalue weighted by Crippen LogP contribution is -2.59. The van der Waals surface area contributed by atoms with E-state index in [1.807, 2.05) is 12.1 Å². The number of hydrogen-bond donors (Lipinski definition) is 1. The largest absolute Gasteiger partial charge is 0.494 e. The van der Waals surface area contributed by atoms with Gasteiger partial charge in [-0.1, -0.05) is 32.9 Å². The molecule has 1 aromatic rings. The third-order valence-corrected chi connectivity index (χ3v) is 4.25. The number of nitrogens with one attached hydrogen (secondary N) is 1. The monoisotopic (exact) mass is 294 g/mol. The Kier molecular flexibility index (Phi) is 4.89. The summed E-state index contributed by atoms with van der Waals surface area (Å²) in [6.45, 7) is 11.4. The highest BCUT2D eigenvalue weighted by Crippen LogP contribution is 2.29. The summed E-state index contributed by atoms with van der Waals surface area (Å²) in [5, 5.41) is 3.53. The molecule has 1 aliphatic rings. The minimum atomic E-state index is -0.237. The Balaban J connectivity index is 2.22. The van der Waals surface area contributed by atoms with Gasteiger partial charge in [0.25, 0.3) is 0 Å². The van der Waals surface area contributed by atoms with Gasteiger partial charge in [-0.25, -0.2) is 4.39 Å². The Labute approximate surface area is 127 Å². The highest BCUT2D eigenvalue weighted by Gasteiger charge is 2.34. The van der Waals surface area contributed by atoms with Gasteiger partial charge in [0.05, 0.1) is 7.11 Å². The van der Waals surface area contributed by atoms with Gasteiger partial charge in [0.15, 0.2) is 11.6 Å². The van der Waals surface area contributed by atoms with Crippen molar-refractivity contribution in [2.24, 2.45) is 5.41 Å². The molecule has 1 saturated heterocycles. The zero-order valence-electron chi connectivity index (χ0n) is 13.7. The van der Waals surface area contributed by atoms with Crippen molar-refractivity contribution in [3.8, 4) is 5.75 Å². The van der Waals surface area contributed by atoms with Crippen molar-refractivity contribution < 1.29 is 9.13 Å².